The summed E-state index contributed by atoms with van der Waals surface area (Å²) < 4.78 is 18.2. The lowest BCUT2D eigenvalue weighted by Crippen LogP contribution is -2.31. The Morgan fingerprint density at radius 3 is 2.42 bits per heavy atom. The number of rotatable bonds is 7. The summed E-state index contributed by atoms with van der Waals surface area (Å²) in [5.41, 5.74) is 3.52. The maximum atomic E-state index is 13.9. The van der Waals surface area contributed by atoms with Crippen molar-refractivity contribution in [3.05, 3.63) is 89.6 Å². The van der Waals surface area contributed by atoms with Gasteiger partial charge in [-0.05, 0) is 30.7 Å². The van der Waals surface area contributed by atoms with E-state index in [2.05, 4.69) is 20.4 Å². The first kappa shape index (κ1) is 23.1. The number of carbonyl (C=O) groups excluding carboxylic acids is 1. The average molecular weight is 484 g/mol. The van der Waals surface area contributed by atoms with Gasteiger partial charge in [0.05, 0.1) is 36.6 Å². The molecule has 182 valence electrons. The van der Waals surface area contributed by atoms with Crippen LogP contribution in [0.1, 0.15) is 33.5 Å². The zero-order valence-corrected chi connectivity index (χ0v) is 20.4. The van der Waals surface area contributed by atoms with Gasteiger partial charge < -0.3 is 23.9 Å². The summed E-state index contributed by atoms with van der Waals surface area (Å²) in [5.74, 6) is 1.53. The standard InChI is InChI=1S/C27H25N5O4/c1-16-23-21(15-22(29-27(23)36-31-16)17-8-6-5-7-9-17)26(33)30-24(25-28-10-11-32(25)2)18-12-19(34-3)14-20(13-18)35-4/h5-15,24H,1-4H3,(H,30,33)/t24-/m1/s1. The first-order chi connectivity index (χ1) is 17.5. The molecule has 0 spiro atoms. The van der Waals surface area contributed by atoms with E-state index in [4.69, 9.17) is 14.0 Å². The summed E-state index contributed by atoms with van der Waals surface area (Å²) >= 11 is 0. The van der Waals surface area contributed by atoms with Crippen LogP contribution in [0.2, 0.25) is 0 Å². The molecule has 0 saturated heterocycles. The molecule has 1 atom stereocenters. The number of amides is 1. The van der Waals surface area contributed by atoms with E-state index in [1.807, 2.05) is 60.3 Å². The van der Waals surface area contributed by atoms with Gasteiger partial charge in [-0.2, -0.15) is 0 Å². The molecule has 5 rings (SSSR count). The monoisotopic (exact) mass is 483 g/mol. The molecule has 5 aromatic rings. The summed E-state index contributed by atoms with van der Waals surface area (Å²) in [4.78, 5) is 23.0. The average Bonchev–Trinajstić information content (AvgIpc) is 3.51. The van der Waals surface area contributed by atoms with E-state index in [9.17, 15) is 4.79 Å². The fraction of sp³-hybridized carbons (Fsp3) is 0.185. The smallest absolute Gasteiger partial charge is 0.259 e. The fourth-order valence-electron chi connectivity index (χ4n) is 4.19. The Labute approximate surface area is 207 Å². The third-order valence-corrected chi connectivity index (χ3v) is 6.03. The van der Waals surface area contributed by atoms with Gasteiger partial charge in [-0.3, -0.25) is 4.79 Å². The topological polar surface area (TPSA) is 104 Å². The zero-order valence-electron chi connectivity index (χ0n) is 20.4. The molecular formula is C27H25N5O4. The Morgan fingerprint density at radius 1 is 1.06 bits per heavy atom. The lowest BCUT2D eigenvalue weighted by atomic mass is 10.0. The number of hydrogen-bond donors (Lipinski definition) is 1. The van der Waals surface area contributed by atoms with E-state index >= 15 is 0 Å². The lowest BCUT2D eigenvalue weighted by Gasteiger charge is -2.21. The molecule has 0 fully saturated rings. The van der Waals surface area contributed by atoms with E-state index in [1.165, 1.54) is 0 Å². The summed E-state index contributed by atoms with van der Waals surface area (Å²) in [5, 5.41) is 7.77. The molecule has 9 nitrogen and oxygen atoms in total. The Bertz CT molecular complexity index is 1520. The maximum Gasteiger partial charge on any atom is 0.259 e. The molecule has 0 bridgehead atoms. The molecular weight excluding hydrogens is 458 g/mol. The van der Waals surface area contributed by atoms with Crippen LogP contribution < -0.4 is 14.8 Å². The molecule has 3 aromatic heterocycles. The minimum Gasteiger partial charge on any atom is -0.497 e. The molecule has 3 heterocycles. The number of methoxy groups -OCH3 is 2. The second-order valence-corrected chi connectivity index (χ2v) is 8.32. The molecule has 0 radical (unpaired) electrons. The molecule has 36 heavy (non-hydrogen) atoms. The Balaban J connectivity index is 1.62. The molecule has 0 aliphatic heterocycles. The van der Waals surface area contributed by atoms with Gasteiger partial charge in [0.2, 0.25) is 0 Å². The van der Waals surface area contributed by atoms with Crippen LogP contribution in [0.4, 0.5) is 0 Å². The summed E-state index contributed by atoms with van der Waals surface area (Å²) in [7, 11) is 5.04. The Hall–Kier alpha value is -4.66. The predicted molar refractivity (Wildman–Crippen MR) is 134 cm³/mol. The minimum atomic E-state index is -0.593. The number of nitrogens with one attached hydrogen (secondary N) is 1. The van der Waals surface area contributed by atoms with Crippen molar-refractivity contribution in [2.24, 2.45) is 7.05 Å². The number of imidazole rings is 1. The van der Waals surface area contributed by atoms with Crippen LogP contribution in [-0.2, 0) is 7.05 Å². The summed E-state index contributed by atoms with van der Waals surface area (Å²) in [6.45, 7) is 1.79. The fourth-order valence-corrected chi connectivity index (χ4v) is 4.19. The Kier molecular flexibility index (Phi) is 6.12. The number of aromatic nitrogens is 4. The lowest BCUT2D eigenvalue weighted by molar-refractivity contribution is 0.0942. The summed E-state index contributed by atoms with van der Waals surface area (Å²) in [6.07, 6.45) is 3.52. The van der Waals surface area contributed by atoms with Crippen LogP contribution in [0.25, 0.3) is 22.4 Å². The normalized spacial score (nSPS) is 11.9. The molecule has 9 heteroatoms. The zero-order chi connectivity index (χ0) is 25.2. The van der Waals surface area contributed by atoms with Crippen molar-refractivity contribution in [1.82, 2.24) is 25.0 Å². The summed E-state index contributed by atoms with van der Waals surface area (Å²) in [6, 6.07) is 16.3. The van der Waals surface area contributed by atoms with E-state index < -0.39 is 6.04 Å². The number of benzene rings is 2. The van der Waals surface area contributed by atoms with Crippen LogP contribution in [-0.4, -0.2) is 39.8 Å². The molecule has 0 unspecified atom stereocenters. The van der Waals surface area contributed by atoms with Gasteiger partial charge in [-0.25, -0.2) is 9.97 Å². The van der Waals surface area contributed by atoms with Crippen molar-refractivity contribution in [2.45, 2.75) is 13.0 Å². The van der Waals surface area contributed by atoms with Crippen molar-refractivity contribution in [2.75, 3.05) is 14.2 Å². The van der Waals surface area contributed by atoms with Crippen molar-refractivity contribution >= 4 is 17.0 Å². The largest absolute Gasteiger partial charge is 0.497 e. The highest BCUT2D eigenvalue weighted by molar-refractivity contribution is 6.07. The van der Waals surface area contributed by atoms with E-state index in [1.54, 1.807) is 39.5 Å². The van der Waals surface area contributed by atoms with E-state index in [-0.39, 0.29) is 5.91 Å². The first-order valence-corrected chi connectivity index (χ1v) is 11.3. The minimum absolute atomic E-state index is 0.301. The maximum absolute atomic E-state index is 13.9. The molecule has 0 saturated carbocycles. The predicted octanol–water partition coefficient (Wildman–Crippen LogP) is 4.47. The molecule has 0 aliphatic rings. The third-order valence-electron chi connectivity index (χ3n) is 6.03. The molecule has 0 aliphatic carbocycles. The van der Waals surface area contributed by atoms with Crippen LogP contribution in [0.15, 0.2) is 71.5 Å². The van der Waals surface area contributed by atoms with Crippen molar-refractivity contribution in [1.29, 1.82) is 0 Å². The number of ether oxygens (including phenoxy) is 2. The molecule has 1 amide bonds. The van der Waals surface area contributed by atoms with Gasteiger partial charge in [0.1, 0.15) is 23.4 Å². The number of carbonyl (C=O) groups is 1. The van der Waals surface area contributed by atoms with Crippen LogP contribution in [0.3, 0.4) is 0 Å². The van der Waals surface area contributed by atoms with Crippen molar-refractivity contribution in [3.8, 4) is 22.8 Å². The van der Waals surface area contributed by atoms with Gasteiger partial charge in [-0.1, -0.05) is 35.5 Å². The van der Waals surface area contributed by atoms with Crippen LogP contribution >= 0.6 is 0 Å². The van der Waals surface area contributed by atoms with Crippen LogP contribution in [0, 0.1) is 6.92 Å². The number of nitrogens with zero attached hydrogens (tertiary/aromatic N) is 4. The highest BCUT2D eigenvalue weighted by Crippen LogP contribution is 2.31. The number of aryl methyl sites for hydroxylation is 2. The number of pyridine rings is 1. The second-order valence-electron chi connectivity index (χ2n) is 8.32. The highest BCUT2D eigenvalue weighted by atomic mass is 16.5. The number of fused-ring (bicyclic) bond motifs is 1. The van der Waals surface area contributed by atoms with Crippen molar-refractivity contribution in [3.63, 3.8) is 0 Å². The quantitative estimate of drug-likeness (QED) is 0.364. The second kappa shape index (κ2) is 9.53. The molecule has 2 aromatic carbocycles. The van der Waals surface area contributed by atoms with Gasteiger partial charge in [0.15, 0.2) is 0 Å². The third kappa shape index (κ3) is 4.26. The van der Waals surface area contributed by atoms with E-state index in [0.29, 0.717) is 45.4 Å². The van der Waals surface area contributed by atoms with Crippen LogP contribution in [0.5, 0.6) is 11.5 Å². The van der Waals surface area contributed by atoms with E-state index in [0.717, 1.165) is 11.1 Å². The highest BCUT2D eigenvalue weighted by Gasteiger charge is 2.26. The number of hydrogen-bond acceptors (Lipinski definition) is 7. The van der Waals surface area contributed by atoms with Gasteiger partial charge >= 0.3 is 0 Å². The molecule has 1 N–H and O–H groups in total. The Morgan fingerprint density at radius 2 is 1.78 bits per heavy atom. The van der Waals surface area contributed by atoms with Gasteiger partial charge in [-0.15, -0.1) is 0 Å². The SMILES string of the molecule is COc1cc(OC)cc([C@@H](NC(=O)c2cc(-c3ccccc3)nc3onc(C)c23)c2nccn2C)c1. The van der Waals surface area contributed by atoms with Gasteiger partial charge in [0, 0.05) is 31.1 Å². The van der Waals surface area contributed by atoms with Crippen molar-refractivity contribution < 1.29 is 18.8 Å². The first-order valence-electron chi connectivity index (χ1n) is 11.3. The van der Waals surface area contributed by atoms with Gasteiger partial charge in [0.25, 0.3) is 11.6 Å².